The number of amides is 1. The number of oxime groups is 1. The molecule has 18 heavy (non-hydrogen) atoms. The highest BCUT2D eigenvalue weighted by Gasteiger charge is 2.59. The fourth-order valence-corrected chi connectivity index (χ4v) is 3.89. The molecule has 98 valence electrons. The normalized spacial score (nSPS) is 36.4. The molecule has 1 saturated heterocycles. The molecule has 0 aromatic rings. The summed E-state index contributed by atoms with van der Waals surface area (Å²) in [6.45, 7) is 0. The molecule has 4 heteroatoms. The van der Waals surface area contributed by atoms with Crippen molar-refractivity contribution in [2.45, 2.75) is 56.9 Å². The van der Waals surface area contributed by atoms with Gasteiger partial charge in [-0.3, -0.25) is 4.79 Å². The Balaban J connectivity index is 2.04. The quantitative estimate of drug-likeness (QED) is 0.393. The van der Waals surface area contributed by atoms with Crippen LogP contribution in [0.25, 0.3) is 0 Å². The molecule has 3 aliphatic rings. The van der Waals surface area contributed by atoms with Crippen LogP contribution < -0.4 is 5.32 Å². The fourth-order valence-electron chi connectivity index (χ4n) is 3.89. The van der Waals surface area contributed by atoms with E-state index in [1.807, 2.05) is 6.08 Å². The zero-order chi connectivity index (χ0) is 12.6. The summed E-state index contributed by atoms with van der Waals surface area (Å²) in [6.07, 6.45) is 12.0. The molecule has 2 N–H and O–H groups in total. The number of carbonyl (C=O) groups is 1. The van der Waals surface area contributed by atoms with Crippen molar-refractivity contribution < 1.29 is 10.0 Å². The Bertz CT molecular complexity index is 422. The standard InChI is InChI=1S/C14H20N2O2/c17-12-13(7-3-1-4-8-13)11(16-18)14(15-12)9-5-2-6-10-14/h5,9,18H,1-4,6-8,10H2,(H,15,17)/b16-11+. The van der Waals surface area contributed by atoms with Crippen LogP contribution >= 0.6 is 0 Å². The summed E-state index contributed by atoms with van der Waals surface area (Å²) in [6, 6.07) is 0. The van der Waals surface area contributed by atoms with Gasteiger partial charge in [0, 0.05) is 0 Å². The van der Waals surface area contributed by atoms with Crippen molar-refractivity contribution in [3.05, 3.63) is 12.2 Å². The Morgan fingerprint density at radius 1 is 1.17 bits per heavy atom. The zero-order valence-electron chi connectivity index (χ0n) is 10.6. The number of hydrogen-bond donors (Lipinski definition) is 2. The maximum Gasteiger partial charge on any atom is 0.233 e. The van der Waals surface area contributed by atoms with E-state index >= 15 is 0 Å². The van der Waals surface area contributed by atoms with E-state index in [4.69, 9.17) is 0 Å². The van der Waals surface area contributed by atoms with Crippen LogP contribution in [-0.2, 0) is 4.79 Å². The van der Waals surface area contributed by atoms with Crippen molar-refractivity contribution in [3.8, 4) is 0 Å². The van der Waals surface area contributed by atoms with Crippen LogP contribution in [0.15, 0.2) is 17.3 Å². The molecule has 1 unspecified atom stereocenters. The summed E-state index contributed by atoms with van der Waals surface area (Å²) in [5, 5.41) is 16.2. The molecular formula is C14H20N2O2. The van der Waals surface area contributed by atoms with Crippen LogP contribution in [0.4, 0.5) is 0 Å². The maximum atomic E-state index is 12.5. The lowest BCUT2D eigenvalue weighted by molar-refractivity contribution is -0.127. The molecule has 1 atom stereocenters. The van der Waals surface area contributed by atoms with Crippen LogP contribution in [0.3, 0.4) is 0 Å². The molecule has 1 aliphatic heterocycles. The van der Waals surface area contributed by atoms with Gasteiger partial charge in [-0.15, -0.1) is 0 Å². The highest BCUT2D eigenvalue weighted by atomic mass is 16.4. The number of nitrogens with zero attached hydrogens (tertiary/aromatic N) is 1. The number of carbonyl (C=O) groups excluding carboxylic acids is 1. The predicted octanol–water partition coefficient (Wildman–Crippen LogP) is 2.38. The Kier molecular flexibility index (Phi) is 2.68. The number of hydrogen-bond acceptors (Lipinski definition) is 3. The Labute approximate surface area is 107 Å². The Morgan fingerprint density at radius 2 is 1.94 bits per heavy atom. The molecule has 2 spiro atoms. The summed E-state index contributed by atoms with van der Waals surface area (Å²) < 4.78 is 0. The molecule has 1 heterocycles. The molecule has 1 amide bonds. The predicted molar refractivity (Wildman–Crippen MR) is 68.6 cm³/mol. The van der Waals surface area contributed by atoms with E-state index in [1.165, 1.54) is 6.42 Å². The van der Waals surface area contributed by atoms with Gasteiger partial charge in [-0.05, 0) is 32.1 Å². The van der Waals surface area contributed by atoms with Gasteiger partial charge in [0.1, 0.15) is 11.3 Å². The van der Waals surface area contributed by atoms with Gasteiger partial charge in [-0.25, -0.2) is 0 Å². The van der Waals surface area contributed by atoms with Gasteiger partial charge in [-0.1, -0.05) is 36.6 Å². The first-order chi connectivity index (χ1) is 8.73. The summed E-state index contributed by atoms with van der Waals surface area (Å²) >= 11 is 0. The van der Waals surface area contributed by atoms with E-state index in [2.05, 4.69) is 16.5 Å². The molecule has 4 nitrogen and oxygen atoms in total. The maximum absolute atomic E-state index is 12.5. The topological polar surface area (TPSA) is 61.7 Å². The molecule has 1 saturated carbocycles. The Hall–Kier alpha value is -1.32. The van der Waals surface area contributed by atoms with Gasteiger partial charge < -0.3 is 10.5 Å². The lowest BCUT2D eigenvalue weighted by Crippen LogP contribution is -2.46. The molecular weight excluding hydrogens is 228 g/mol. The largest absolute Gasteiger partial charge is 0.411 e. The second-order valence-electron chi connectivity index (χ2n) is 5.81. The van der Waals surface area contributed by atoms with Crippen molar-refractivity contribution >= 4 is 11.6 Å². The van der Waals surface area contributed by atoms with Gasteiger partial charge in [0.15, 0.2) is 0 Å². The van der Waals surface area contributed by atoms with E-state index in [9.17, 15) is 10.0 Å². The van der Waals surface area contributed by atoms with E-state index in [0.29, 0.717) is 5.71 Å². The van der Waals surface area contributed by atoms with Crippen molar-refractivity contribution in [1.29, 1.82) is 0 Å². The number of nitrogens with one attached hydrogen (secondary N) is 1. The van der Waals surface area contributed by atoms with Crippen LogP contribution in [0.2, 0.25) is 0 Å². The van der Waals surface area contributed by atoms with Gasteiger partial charge in [0.2, 0.25) is 5.91 Å². The lowest BCUT2D eigenvalue weighted by Gasteiger charge is -2.34. The van der Waals surface area contributed by atoms with E-state index in [1.54, 1.807) is 0 Å². The first kappa shape index (κ1) is 11.8. The van der Waals surface area contributed by atoms with Crippen LogP contribution in [0.1, 0.15) is 51.4 Å². The van der Waals surface area contributed by atoms with Crippen LogP contribution in [0.5, 0.6) is 0 Å². The minimum absolute atomic E-state index is 0.0709. The van der Waals surface area contributed by atoms with Crippen LogP contribution in [0, 0.1) is 5.41 Å². The molecule has 2 aliphatic carbocycles. The van der Waals surface area contributed by atoms with E-state index in [-0.39, 0.29) is 5.91 Å². The summed E-state index contributed by atoms with van der Waals surface area (Å²) in [5.41, 5.74) is -0.355. The van der Waals surface area contributed by atoms with E-state index < -0.39 is 11.0 Å². The fraction of sp³-hybridized carbons (Fsp3) is 0.714. The molecule has 0 bridgehead atoms. The van der Waals surface area contributed by atoms with Crippen LogP contribution in [-0.4, -0.2) is 22.4 Å². The van der Waals surface area contributed by atoms with Crippen molar-refractivity contribution in [2.75, 3.05) is 0 Å². The summed E-state index contributed by atoms with van der Waals surface area (Å²) in [5.74, 6) is 0.0709. The van der Waals surface area contributed by atoms with Gasteiger partial charge >= 0.3 is 0 Å². The molecule has 0 aromatic carbocycles. The minimum atomic E-state index is -0.533. The van der Waals surface area contributed by atoms with Gasteiger partial charge in [0.25, 0.3) is 0 Å². The second kappa shape index (κ2) is 4.11. The molecule has 3 rings (SSSR count). The monoisotopic (exact) mass is 248 g/mol. The number of allylic oxidation sites excluding steroid dienone is 1. The molecule has 0 aromatic heterocycles. The third-order valence-corrected chi connectivity index (χ3v) is 4.80. The van der Waals surface area contributed by atoms with Crippen molar-refractivity contribution in [1.82, 2.24) is 5.32 Å². The van der Waals surface area contributed by atoms with Crippen molar-refractivity contribution in [2.24, 2.45) is 10.6 Å². The first-order valence-electron chi connectivity index (χ1n) is 6.97. The highest BCUT2D eigenvalue weighted by molar-refractivity contribution is 6.20. The molecule has 2 fully saturated rings. The number of rotatable bonds is 0. The molecule has 0 radical (unpaired) electrons. The smallest absolute Gasteiger partial charge is 0.233 e. The van der Waals surface area contributed by atoms with Gasteiger partial charge in [-0.2, -0.15) is 0 Å². The Morgan fingerprint density at radius 3 is 2.56 bits per heavy atom. The second-order valence-corrected chi connectivity index (χ2v) is 5.81. The third-order valence-electron chi connectivity index (χ3n) is 4.80. The summed E-state index contributed by atoms with van der Waals surface area (Å²) in [7, 11) is 0. The SMILES string of the molecule is O=C1NC2(C=CCCC2)/C(=N/O)C12CCCCC2. The summed E-state index contributed by atoms with van der Waals surface area (Å²) in [4.78, 5) is 12.5. The highest BCUT2D eigenvalue weighted by Crippen LogP contribution is 2.47. The first-order valence-corrected chi connectivity index (χ1v) is 6.97. The average Bonchev–Trinajstić information content (AvgIpc) is 2.60. The lowest BCUT2D eigenvalue weighted by atomic mass is 9.67. The zero-order valence-corrected chi connectivity index (χ0v) is 10.6. The van der Waals surface area contributed by atoms with Crippen molar-refractivity contribution in [3.63, 3.8) is 0 Å². The minimum Gasteiger partial charge on any atom is -0.411 e. The average molecular weight is 248 g/mol. The third kappa shape index (κ3) is 1.44. The van der Waals surface area contributed by atoms with Gasteiger partial charge in [0.05, 0.1) is 5.41 Å². The van der Waals surface area contributed by atoms with E-state index in [0.717, 1.165) is 44.9 Å².